The van der Waals surface area contributed by atoms with Crippen LogP contribution in [0.4, 0.5) is 4.79 Å². The van der Waals surface area contributed by atoms with Crippen LogP contribution in [0.1, 0.15) is 31.7 Å². The van der Waals surface area contributed by atoms with E-state index < -0.39 is 0 Å². The number of para-hydroxylation sites is 1. The van der Waals surface area contributed by atoms with Gasteiger partial charge in [-0.25, -0.2) is 4.79 Å². The Morgan fingerprint density at radius 1 is 1.48 bits per heavy atom. The molecule has 1 heterocycles. The molecule has 1 aromatic carbocycles. The minimum Gasteiger partial charge on any atom is -0.488 e. The summed E-state index contributed by atoms with van der Waals surface area (Å²) in [4.78, 5) is 14.1. The number of hydrogen-bond donors (Lipinski definition) is 2. The Kier molecular flexibility index (Phi) is 6.71. The van der Waals surface area contributed by atoms with Gasteiger partial charge in [-0.05, 0) is 43.7 Å². The predicted octanol–water partition coefficient (Wildman–Crippen LogP) is 2.57. The van der Waals surface area contributed by atoms with Crippen molar-refractivity contribution in [3.05, 3.63) is 29.8 Å². The highest BCUT2D eigenvalue weighted by molar-refractivity contribution is 5.74. The van der Waals surface area contributed by atoms with Crippen LogP contribution in [0.3, 0.4) is 0 Å². The van der Waals surface area contributed by atoms with Gasteiger partial charge < -0.3 is 20.1 Å². The average molecular weight is 320 g/mol. The quantitative estimate of drug-likeness (QED) is 0.847. The first-order chi connectivity index (χ1) is 11.1. The van der Waals surface area contributed by atoms with Gasteiger partial charge >= 0.3 is 6.03 Å². The van der Waals surface area contributed by atoms with Crippen LogP contribution in [0.25, 0.3) is 0 Å². The number of benzene rings is 1. The highest BCUT2D eigenvalue weighted by Crippen LogP contribution is 2.19. The molecule has 1 aromatic rings. The second-order valence-corrected chi connectivity index (χ2v) is 6.24. The first-order valence-corrected chi connectivity index (χ1v) is 8.50. The summed E-state index contributed by atoms with van der Waals surface area (Å²) < 4.78 is 6.00. The lowest BCUT2D eigenvalue weighted by molar-refractivity contribution is 0.125. The van der Waals surface area contributed by atoms with Crippen molar-refractivity contribution in [1.29, 1.82) is 0 Å². The van der Waals surface area contributed by atoms with Gasteiger partial charge in [0.25, 0.3) is 0 Å². The fourth-order valence-electron chi connectivity index (χ4n) is 2.85. The van der Waals surface area contributed by atoms with Crippen LogP contribution in [-0.2, 0) is 0 Å². The molecule has 0 bridgehead atoms. The summed E-state index contributed by atoms with van der Waals surface area (Å²) in [6.45, 7) is 6.11. The smallest absolute Gasteiger partial charge is 0.317 e. The van der Waals surface area contributed by atoms with Crippen LogP contribution in [0.15, 0.2) is 24.3 Å². The van der Waals surface area contributed by atoms with Crippen molar-refractivity contribution < 1.29 is 14.6 Å². The lowest BCUT2D eigenvalue weighted by Gasteiger charge is -2.32. The third-order valence-electron chi connectivity index (χ3n) is 4.39. The number of likely N-dealkylation sites (tertiary alicyclic amines) is 1. The topological polar surface area (TPSA) is 61.8 Å². The van der Waals surface area contributed by atoms with E-state index in [-0.39, 0.29) is 24.7 Å². The number of amides is 2. The molecule has 1 fully saturated rings. The highest BCUT2D eigenvalue weighted by atomic mass is 16.5. The van der Waals surface area contributed by atoms with E-state index in [1.165, 1.54) is 0 Å². The molecule has 1 aliphatic heterocycles. The minimum atomic E-state index is -0.0602. The molecule has 0 aromatic heterocycles. The van der Waals surface area contributed by atoms with E-state index in [0.29, 0.717) is 13.1 Å². The predicted molar refractivity (Wildman–Crippen MR) is 90.7 cm³/mol. The molecular weight excluding hydrogens is 292 g/mol. The Balaban J connectivity index is 1.83. The van der Waals surface area contributed by atoms with Crippen LogP contribution < -0.4 is 10.1 Å². The Morgan fingerprint density at radius 2 is 2.26 bits per heavy atom. The molecule has 2 N–H and O–H groups in total. The number of aryl methyl sites for hydroxylation is 1. The standard InChI is InChI=1S/C18H28N2O3/c1-3-16(23-17-9-5-4-7-14(17)2)11-19-18(22)20-10-6-8-15(12-20)13-21/h4-5,7,9,15-16,21H,3,6,8,10-13H2,1-2H3,(H,19,22)/t15-,16+/m0/s1. The molecule has 2 rings (SSSR count). The van der Waals surface area contributed by atoms with Gasteiger partial charge in [0.15, 0.2) is 0 Å². The van der Waals surface area contributed by atoms with Gasteiger partial charge in [-0.3, -0.25) is 0 Å². The average Bonchev–Trinajstić information content (AvgIpc) is 2.59. The summed E-state index contributed by atoms with van der Waals surface area (Å²) in [5.74, 6) is 1.08. The molecule has 128 valence electrons. The van der Waals surface area contributed by atoms with E-state index in [2.05, 4.69) is 12.2 Å². The van der Waals surface area contributed by atoms with Crippen molar-refractivity contribution in [3.63, 3.8) is 0 Å². The molecule has 0 spiro atoms. The van der Waals surface area contributed by atoms with Gasteiger partial charge in [-0.15, -0.1) is 0 Å². The van der Waals surface area contributed by atoms with E-state index in [1.54, 1.807) is 4.90 Å². The SMILES string of the molecule is CC[C@H](CNC(=O)N1CCC[C@H](CO)C1)Oc1ccccc1C. The monoisotopic (exact) mass is 320 g/mol. The van der Waals surface area contributed by atoms with Crippen LogP contribution in [0.2, 0.25) is 0 Å². The van der Waals surface area contributed by atoms with Crippen molar-refractivity contribution >= 4 is 6.03 Å². The molecule has 2 amide bonds. The highest BCUT2D eigenvalue weighted by Gasteiger charge is 2.23. The van der Waals surface area contributed by atoms with Gasteiger partial charge in [0.1, 0.15) is 11.9 Å². The number of aliphatic hydroxyl groups excluding tert-OH is 1. The molecule has 0 unspecified atom stereocenters. The molecule has 0 aliphatic carbocycles. The van der Waals surface area contributed by atoms with Crippen LogP contribution in [0, 0.1) is 12.8 Å². The van der Waals surface area contributed by atoms with Crippen molar-refractivity contribution in [2.75, 3.05) is 26.2 Å². The lowest BCUT2D eigenvalue weighted by atomic mass is 9.99. The fraction of sp³-hybridized carbons (Fsp3) is 0.611. The van der Waals surface area contributed by atoms with Crippen LogP contribution in [0.5, 0.6) is 5.75 Å². The lowest BCUT2D eigenvalue weighted by Crippen LogP contribution is -2.48. The van der Waals surface area contributed by atoms with Crippen molar-refractivity contribution in [1.82, 2.24) is 10.2 Å². The second kappa shape index (κ2) is 8.77. The van der Waals surface area contributed by atoms with Gasteiger partial charge in [0, 0.05) is 19.7 Å². The summed E-state index contributed by atoms with van der Waals surface area (Å²) in [6, 6.07) is 7.85. The van der Waals surface area contributed by atoms with Gasteiger partial charge in [0.05, 0.1) is 6.54 Å². The number of nitrogens with one attached hydrogen (secondary N) is 1. The maximum absolute atomic E-state index is 12.3. The van der Waals surface area contributed by atoms with Crippen LogP contribution >= 0.6 is 0 Å². The molecule has 5 heteroatoms. The zero-order chi connectivity index (χ0) is 16.7. The number of piperidine rings is 1. The van der Waals surface area contributed by atoms with E-state index in [1.807, 2.05) is 31.2 Å². The number of nitrogens with zero attached hydrogens (tertiary/aromatic N) is 1. The second-order valence-electron chi connectivity index (χ2n) is 6.24. The summed E-state index contributed by atoms with van der Waals surface area (Å²) in [5.41, 5.74) is 1.10. The first kappa shape index (κ1) is 17.6. The van der Waals surface area contributed by atoms with E-state index in [4.69, 9.17) is 4.74 Å². The summed E-state index contributed by atoms with van der Waals surface area (Å²) in [7, 11) is 0. The Labute approximate surface area is 138 Å². The summed E-state index contributed by atoms with van der Waals surface area (Å²) in [5, 5.41) is 12.2. The van der Waals surface area contributed by atoms with E-state index in [0.717, 1.165) is 37.1 Å². The molecule has 0 radical (unpaired) electrons. The minimum absolute atomic E-state index is 0.0431. The first-order valence-electron chi connectivity index (χ1n) is 8.50. The number of hydrogen-bond acceptors (Lipinski definition) is 3. The Morgan fingerprint density at radius 3 is 2.96 bits per heavy atom. The summed E-state index contributed by atoms with van der Waals surface area (Å²) in [6.07, 6.45) is 2.73. The third-order valence-corrected chi connectivity index (χ3v) is 4.39. The largest absolute Gasteiger partial charge is 0.488 e. The van der Waals surface area contributed by atoms with Gasteiger partial charge in [-0.2, -0.15) is 0 Å². The third kappa shape index (κ3) is 5.13. The number of ether oxygens (including phenoxy) is 1. The van der Waals surface area contributed by atoms with E-state index in [9.17, 15) is 9.90 Å². The zero-order valence-corrected chi connectivity index (χ0v) is 14.1. The normalized spacial score (nSPS) is 19.3. The molecular formula is C18H28N2O3. The van der Waals surface area contributed by atoms with Crippen molar-refractivity contribution in [2.45, 2.75) is 39.2 Å². The maximum atomic E-state index is 12.3. The maximum Gasteiger partial charge on any atom is 0.317 e. The molecule has 5 nitrogen and oxygen atoms in total. The molecule has 1 saturated heterocycles. The van der Waals surface area contributed by atoms with Gasteiger partial charge in [0.2, 0.25) is 0 Å². The van der Waals surface area contributed by atoms with E-state index >= 15 is 0 Å². The molecule has 1 aliphatic rings. The Bertz CT molecular complexity index is 507. The molecule has 2 atom stereocenters. The zero-order valence-electron chi connectivity index (χ0n) is 14.1. The number of aliphatic hydroxyl groups is 1. The fourth-order valence-corrected chi connectivity index (χ4v) is 2.85. The summed E-state index contributed by atoms with van der Waals surface area (Å²) >= 11 is 0. The molecule has 23 heavy (non-hydrogen) atoms. The number of rotatable bonds is 6. The van der Waals surface area contributed by atoms with Crippen LogP contribution in [-0.4, -0.2) is 48.4 Å². The number of urea groups is 1. The number of carbonyl (C=O) groups is 1. The van der Waals surface area contributed by atoms with Crippen molar-refractivity contribution in [2.24, 2.45) is 5.92 Å². The van der Waals surface area contributed by atoms with Crippen molar-refractivity contribution in [3.8, 4) is 5.75 Å². The molecule has 0 saturated carbocycles. The number of carbonyl (C=O) groups excluding carboxylic acids is 1. The van der Waals surface area contributed by atoms with Gasteiger partial charge in [-0.1, -0.05) is 25.1 Å². The Hall–Kier alpha value is -1.75.